The average molecular weight is 235 g/mol. The van der Waals surface area contributed by atoms with E-state index in [4.69, 9.17) is 0 Å². The van der Waals surface area contributed by atoms with Gasteiger partial charge in [0.15, 0.2) is 0 Å². The van der Waals surface area contributed by atoms with Crippen LogP contribution in [-0.2, 0) is 9.84 Å². The van der Waals surface area contributed by atoms with Crippen molar-refractivity contribution in [2.45, 2.75) is 58.5 Å². The third kappa shape index (κ3) is 10.2. The van der Waals surface area contributed by atoms with Crippen LogP contribution in [0.25, 0.3) is 0 Å². The number of sulfone groups is 1. The van der Waals surface area contributed by atoms with Gasteiger partial charge in [-0.2, -0.15) is 0 Å². The van der Waals surface area contributed by atoms with Gasteiger partial charge in [-0.05, 0) is 26.7 Å². The first-order chi connectivity index (χ1) is 6.85. The molecule has 2 atom stereocenters. The van der Waals surface area contributed by atoms with Crippen LogP contribution in [0.4, 0.5) is 0 Å². The molecule has 0 aromatic rings. The Bertz CT molecular complexity index is 249. The van der Waals surface area contributed by atoms with Crippen molar-refractivity contribution in [2.75, 3.05) is 12.0 Å². The largest absolute Gasteiger partial charge is 0.312 e. The Morgan fingerprint density at radius 2 is 1.67 bits per heavy atom. The first kappa shape index (κ1) is 14.9. The predicted octanol–water partition coefficient (Wildman–Crippen LogP) is 1.98. The summed E-state index contributed by atoms with van der Waals surface area (Å²) in [6, 6.07) is 0.770. The van der Waals surface area contributed by atoms with Crippen molar-refractivity contribution in [1.82, 2.24) is 5.32 Å². The first-order valence-electron chi connectivity index (χ1n) is 5.79. The van der Waals surface area contributed by atoms with E-state index in [1.807, 2.05) is 6.92 Å². The van der Waals surface area contributed by atoms with Gasteiger partial charge in [-0.1, -0.05) is 19.8 Å². The molecule has 0 heterocycles. The standard InChI is InChI=1S/C11H25NO2S/c1-5-6-7-10(2)12-11(3)8-9-15(4,13)14/h10-12H,5-9H2,1-4H3. The molecule has 0 aliphatic rings. The van der Waals surface area contributed by atoms with Crippen LogP contribution >= 0.6 is 0 Å². The lowest BCUT2D eigenvalue weighted by Gasteiger charge is -2.19. The number of hydrogen-bond acceptors (Lipinski definition) is 3. The van der Waals surface area contributed by atoms with E-state index in [9.17, 15) is 8.42 Å². The van der Waals surface area contributed by atoms with E-state index in [-0.39, 0.29) is 11.8 Å². The van der Waals surface area contributed by atoms with Gasteiger partial charge in [0.25, 0.3) is 0 Å². The molecule has 2 unspecified atom stereocenters. The number of hydrogen-bond donors (Lipinski definition) is 1. The van der Waals surface area contributed by atoms with Crippen molar-refractivity contribution in [3.8, 4) is 0 Å². The Morgan fingerprint density at radius 3 is 2.13 bits per heavy atom. The predicted molar refractivity (Wildman–Crippen MR) is 65.9 cm³/mol. The molecule has 0 aromatic carbocycles. The van der Waals surface area contributed by atoms with Crippen LogP contribution < -0.4 is 5.32 Å². The monoisotopic (exact) mass is 235 g/mol. The second-order valence-electron chi connectivity index (χ2n) is 4.53. The maximum absolute atomic E-state index is 11.0. The third-order valence-corrected chi connectivity index (χ3v) is 3.46. The second kappa shape index (κ2) is 7.23. The van der Waals surface area contributed by atoms with Crippen molar-refractivity contribution in [3.63, 3.8) is 0 Å². The SMILES string of the molecule is CCCCC(C)NC(C)CCS(C)(=O)=O. The quantitative estimate of drug-likeness (QED) is 0.700. The number of unbranched alkanes of at least 4 members (excludes halogenated alkanes) is 1. The Balaban J connectivity index is 3.68. The molecule has 0 aliphatic heterocycles. The Kier molecular flexibility index (Phi) is 7.18. The zero-order valence-electron chi connectivity index (χ0n) is 10.4. The minimum Gasteiger partial charge on any atom is -0.312 e. The van der Waals surface area contributed by atoms with Gasteiger partial charge in [0.05, 0.1) is 5.75 Å². The van der Waals surface area contributed by atoms with Gasteiger partial charge >= 0.3 is 0 Å². The summed E-state index contributed by atoms with van der Waals surface area (Å²) in [5, 5.41) is 3.42. The molecule has 4 heteroatoms. The summed E-state index contributed by atoms with van der Waals surface area (Å²) in [6.07, 6.45) is 5.60. The summed E-state index contributed by atoms with van der Waals surface area (Å²) in [5.41, 5.74) is 0. The molecule has 0 aliphatic carbocycles. The fourth-order valence-electron chi connectivity index (χ4n) is 1.55. The van der Waals surface area contributed by atoms with Gasteiger partial charge < -0.3 is 5.32 Å². The first-order valence-corrected chi connectivity index (χ1v) is 7.85. The fourth-order valence-corrected chi connectivity index (χ4v) is 2.34. The molecule has 15 heavy (non-hydrogen) atoms. The summed E-state index contributed by atoms with van der Waals surface area (Å²) >= 11 is 0. The van der Waals surface area contributed by atoms with E-state index in [1.54, 1.807) is 0 Å². The van der Waals surface area contributed by atoms with E-state index in [0.717, 1.165) is 0 Å². The highest BCUT2D eigenvalue weighted by Gasteiger charge is 2.09. The van der Waals surface area contributed by atoms with E-state index < -0.39 is 9.84 Å². The van der Waals surface area contributed by atoms with Crippen molar-refractivity contribution >= 4 is 9.84 Å². The molecular weight excluding hydrogens is 210 g/mol. The summed E-state index contributed by atoms with van der Waals surface area (Å²) in [5.74, 6) is 0.279. The molecule has 0 spiro atoms. The molecular formula is C11H25NO2S. The van der Waals surface area contributed by atoms with Crippen LogP contribution in [0.5, 0.6) is 0 Å². The molecule has 0 rings (SSSR count). The van der Waals surface area contributed by atoms with Gasteiger partial charge in [0.1, 0.15) is 9.84 Å². The lowest BCUT2D eigenvalue weighted by Crippen LogP contribution is -2.35. The van der Waals surface area contributed by atoms with Crippen LogP contribution in [0.3, 0.4) is 0 Å². The molecule has 0 saturated heterocycles. The van der Waals surface area contributed by atoms with E-state index in [0.29, 0.717) is 12.5 Å². The van der Waals surface area contributed by atoms with Gasteiger partial charge in [-0.15, -0.1) is 0 Å². The van der Waals surface area contributed by atoms with E-state index >= 15 is 0 Å². The van der Waals surface area contributed by atoms with E-state index in [1.165, 1.54) is 25.5 Å². The van der Waals surface area contributed by atoms with E-state index in [2.05, 4.69) is 19.2 Å². The maximum atomic E-state index is 11.0. The zero-order valence-corrected chi connectivity index (χ0v) is 11.2. The zero-order chi connectivity index (χ0) is 11.9. The minimum absolute atomic E-state index is 0.279. The summed E-state index contributed by atoms with van der Waals surface area (Å²) in [4.78, 5) is 0. The summed E-state index contributed by atoms with van der Waals surface area (Å²) in [7, 11) is -2.81. The highest BCUT2D eigenvalue weighted by molar-refractivity contribution is 7.90. The average Bonchev–Trinajstić information content (AvgIpc) is 2.10. The highest BCUT2D eigenvalue weighted by Crippen LogP contribution is 2.03. The number of nitrogens with one attached hydrogen (secondary N) is 1. The van der Waals surface area contributed by atoms with Crippen LogP contribution in [0.15, 0.2) is 0 Å². The topological polar surface area (TPSA) is 46.2 Å². The van der Waals surface area contributed by atoms with Crippen LogP contribution in [0, 0.1) is 0 Å². The molecule has 3 nitrogen and oxygen atoms in total. The van der Waals surface area contributed by atoms with Crippen molar-refractivity contribution in [3.05, 3.63) is 0 Å². The van der Waals surface area contributed by atoms with Crippen LogP contribution in [0.2, 0.25) is 0 Å². The normalized spacial score (nSPS) is 16.3. The maximum Gasteiger partial charge on any atom is 0.147 e. The Hall–Kier alpha value is -0.0900. The molecule has 0 bridgehead atoms. The smallest absolute Gasteiger partial charge is 0.147 e. The molecule has 0 amide bonds. The minimum atomic E-state index is -2.81. The van der Waals surface area contributed by atoms with Crippen molar-refractivity contribution < 1.29 is 8.42 Å². The second-order valence-corrected chi connectivity index (χ2v) is 6.79. The molecule has 0 saturated carbocycles. The molecule has 0 radical (unpaired) electrons. The number of rotatable bonds is 8. The molecule has 1 N–H and O–H groups in total. The van der Waals surface area contributed by atoms with Crippen molar-refractivity contribution in [1.29, 1.82) is 0 Å². The fraction of sp³-hybridized carbons (Fsp3) is 1.00. The van der Waals surface area contributed by atoms with Crippen LogP contribution in [-0.4, -0.2) is 32.5 Å². The third-order valence-electron chi connectivity index (χ3n) is 2.48. The summed E-state index contributed by atoms with van der Waals surface area (Å²) in [6.45, 7) is 6.39. The van der Waals surface area contributed by atoms with Gasteiger partial charge in [-0.25, -0.2) is 8.42 Å². The Labute approximate surface area is 94.6 Å². The van der Waals surface area contributed by atoms with Gasteiger partial charge in [-0.3, -0.25) is 0 Å². The van der Waals surface area contributed by atoms with Gasteiger partial charge in [0.2, 0.25) is 0 Å². The molecule has 0 fully saturated rings. The molecule has 92 valence electrons. The lowest BCUT2D eigenvalue weighted by molar-refractivity contribution is 0.428. The molecule has 0 aromatic heterocycles. The lowest BCUT2D eigenvalue weighted by atomic mass is 10.1. The highest BCUT2D eigenvalue weighted by atomic mass is 32.2. The Morgan fingerprint density at radius 1 is 1.13 bits per heavy atom. The van der Waals surface area contributed by atoms with Gasteiger partial charge in [0, 0.05) is 18.3 Å². The summed E-state index contributed by atoms with van der Waals surface area (Å²) < 4.78 is 21.9. The van der Waals surface area contributed by atoms with Crippen molar-refractivity contribution in [2.24, 2.45) is 0 Å². The van der Waals surface area contributed by atoms with Crippen LogP contribution in [0.1, 0.15) is 46.5 Å².